The van der Waals surface area contributed by atoms with Gasteiger partial charge in [0.1, 0.15) is 5.78 Å². The SMILES string of the molecule is O=C1CCCC1CC/C=C\[C@H]1CO1. The van der Waals surface area contributed by atoms with Crippen LogP contribution in [0.4, 0.5) is 0 Å². The molecule has 0 N–H and O–H groups in total. The van der Waals surface area contributed by atoms with Crippen molar-refractivity contribution in [3.8, 4) is 0 Å². The normalized spacial score (nSPS) is 33.1. The van der Waals surface area contributed by atoms with Crippen molar-refractivity contribution < 1.29 is 9.53 Å². The zero-order chi connectivity index (χ0) is 9.10. The maximum absolute atomic E-state index is 11.3. The third-order valence-corrected chi connectivity index (χ3v) is 2.82. The van der Waals surface area contributed by atoms with Crippen LogP contribution in [-0.4, -0.2) is 18.5 Å². The number of hydrogen-bond donors (Lipinski definition) is 0. The fourth-order valence-electron chi connectivity index (χ4n) is 1.91. The van der Waals surface area contributed by atoms with Gasteiger partial charge in [-0.15, -0.1) is 0 Å². The van der Waals surface area contributed by atoms with Gasteiger partial charge < -0.3 is 4.74 Å². The number of allylic oxidation sites excluding steroid dienone is 1. The minimum Gasteiger partial charge on any atom is -0.369 e. The highest BCUT2D eigenvalue weighted by Crippen LogP contribution is 2.25. The van der Waals surface area contributed by atoms with E-state index in [2.05, 4.69) is 12.2 Å². The molecule has 1 aliphatic carbocycles. The van der Waals surface area contributed by atoms with Crippen LogP contribution in [0.1, 0.15) is 32.1 Å². The van der Waals surface area contributed by atoms with E-state index in [-0.39, 0.29) is 0 Å². The lowest BCUT2D eigenvalue weighted by molar-refractivity contribution is -0.120. The molecule has 1 saturated carbocycles. The molecule has 0 radical (unpaired) electrons. The third kappa shape index (κ3) is 2.66. The van der Waals surface area contributed by atoms with E-state index in [9.17, 15) is 4.79 Å². The second-order valence-electron chi connectivity index (χ2n) is 3.93. The summed E-state index contributed by atoms with van der Waals surface area (Å²) in [4.78, 5) is 11.3. The van der Waals surface area contributed by atoms with Crippen molar-refractivity contribution in [2.75, 3.05) is 6.61 Å². The first-order valence-corrected chi connectivity index (χ1v) is 5.17. The molecule has 2 rings (SSSR count). The predicted molar refractivity (Wildman–Crippen MR) is 50.5 cm³/mol. The van der Waals surface area contributed by atoms with E-state index in [0.29, 0.717) is 17.8 Å². The van der Waals surface area contributed by atoms with Crippen LogP contribution >= 0.6 is 0 Å². The van der Waals surface area contributed by atoms with Gasteiger partial charge in [-0.1, -0.05) is 12.2 Å². The number of ether oxygens (including phenoxy) is 1. The smallest absolute Gasteiger partial charge is 0.135 e. The second kappa shape index (κ2) is 4.05. The van der Waals surface area contributed by atoms with Gasteiger partial charge in [-0.3, -0.25) is 4.79 Å². The van der Waals surface area contributed by atoms with E-state index < -0.39 is 0 Å². The Labute approximate surface area is 79.0 Å². The van der Waals surface area contributed by atoms with Gasteiger partial charge in [-0.2, -0.15) is 0 Å². The van der Waals surface area contributed by atoms with Crippen LogP contribution < -0.4 is 0 Å². The van der Waals surface area contributed by atoms with Crippen LogP contribution in [0.15, 0.2) is 12.2 Å². The molecule has 2 nitrogen and oxygen atoms in total. The van der Waals surface area contributed by atoms with Crippen LogP contribution in [-0.2, 0) is 9.53 Å². The summed E-state index contributed by atoms with van der Waals surface area (Å²) >= 11 is 0. The van der Waals surface area contributed by atoms with Crippen LogP contribution in [0.3, 0.4) is 0 Å². The molecule has 1 aliphatic heterocycles. The van der Waals surface area contributed by atoms with Crippen LogP contribution in [0.25, 0.3) is 0 Å². The molecule has 0 aromatic carbocycles. The number of hydrogen-bond acceptors (Lipinski definition) is 2. The van der Waals surface area contributed by atoms with Crippen molar-refractivity contribution >= 4 is 5.78 Å². The summed E-state index contributed by atoms with van der Waals surface area (Å²) in [5.41, 5.74) is 0. The van der Waals surface area contributed by atoms with Crippen LogP contribution in [0.5, 0.6) is 0 Å². The second-order valence-corrected chi connectivity index (χ2v) is 3.93. The standard InChI is InChI=1S/C11H16O2/c12-11-7-3-5-9(11)4-1-2-6-10-8-13-10/h2,6,9-10H,1,3-5,7-8H2/b6-2-/t9?,10-/m0/s1. The molecule has 1 unspecified atom stereocenters. The van der Waals surface area contributed by atoms with E-state index in [1.54, 1.807) is 0 Å². The molecule has 2 aliphatic rings. The monoisotopic (exact) mass is 180 g/mol. The molecule has 2 heteroatoms. The van der Waals surface area contributed by atoms with E-state index in [1.165, 1.54) is 0 Å². The summed E-state index contributed by atoms with van der Waals surface area (Å²) < 4.78 is 5.05. The summed E-state index contributed by atoms with van der Waals surface area (Å²) in [6.07, 6.45) is 9.78. The van der Waals surface area contributed by atoms with E-state index in [0.717, 1.165) is 38.7 Å². The molecule has 0 spiro atoms. The number of rotatable bonds is 4. The van der Waals surface area contributed by atoms with Crippen LogP contribution in [0.2, 0.25) is 0 Å². The molecule has 2 atom stereocenters. The quantitative estimate of drug-likeness (QED) is 0.489. The van der Waals surface area contributed by atoms with E-state index in [4.69, 9.17) is 4.74 Å². The zero-order valence-electron chi connectivity index (χ0n) is 7.87. The third-order valence-electron chi connectivity index (χ3n) is 2.82. The van der Waals surface area contributed by atoms with E-state index in [1.807, 2.05) is 0 Å². The summed E-state index contributed by atoms with van der Waals surface area (Å²) in [5.74, 6) is 0.848. The first-order chi connectivity index (χ1) is 6.36. The van der Waals surface area contributed by atoms with Gasteiger partial charge >= 0.3 is 0 Å². The number of ketones is 1. The lowest BCUT2D eigenvalue weighted by Crippen LogP contribution is -2.04. The lowest BCUT2D eigenvalue weighted by Gasteiger charge is -2.03. The fraction of sp³-hybridized carbons (Fsp3) is 0.727. The summed E-state index contributed by atoms with van der Waals surface area (Å²) in [6.45, 7) is 0.888. The van der Waals surface area contributed by atoms with Crippen molar-refractivity contribution in [1.82, 2.24) is 0 Å². The minimum absolute atomic E-state index is 0.366. The Morgan fingerprint density at radius 3 is 3.00 bits per heavy atom. The van der Waals surface area contributed by atoms with E-state index >= 15 is 0 Å². The highest BCUT2D eigenvalue weighted by molar-refractivity contribution is 5.82. The van der Waals surface area contributed by atoms with Crippen molar-refractivity contribution in [3.63, 3.8) is 0 Å². The maximum atomic E-state index is 11.3. The van der Waals surface area contributed by atoms with Gasteiger partial charge in [0.15, 0.2) is 0 Å². The molecular formula is C11H16O2. The Morgan fingerprint density at radius 1 is 1.54 bits per heavy atom. The summed E-state index contributed by atoms with van der Waals surface area (Å²) in [6, 6.07) is 0. The topological polar surface area (TPSA) is 29.6 Å². The number of carbonyl (C=O) groups is 1. The van der Waals surface area contributed by atoms with Gasteiger partial charge in [-0.05, 0) is 25.7 Å². The Balaban J connectivity index is 1.63. The van der Waals surface area contributed by atoms with Gasteiger partial charge in [0, 0.05) is 12.3 Å². The molecule has 1 saturated heterocycles. The first kappa shape index (κ1) is 8.95. The number of Topliss-reactive ketones (excluding diaryl/α,β-unsaturated/α-hetero) is 1. The highest BCUT2D eigenvalue weighted by atomic mass is 16.6. The Hall–Kier alpha value is -0.630. The molecular weight excluding hydrogens is 164 g/mol. The molecule has 0 aromatic rings. The Kier molecular flexibility index (Phi) is 2.79. The van der Waals surface area contributed by atoms with Crippen LogP contribution in [0, 0.1) is 5.92 Å². The predicted octanol–water partition coefficient (Wildman–Crippen LogP) is 2.09. The van der Waals surface area contributed by atoms with Crippen molar-refractivity contribution in [1.29, 1.82) is 0 Å². The first-order valence-electron chi connectivity index (χ1n) is 5.17. The van der Waals surface area contributed by atoms with Gasteiger partial charge in [0.05, 0.1) is 12.7 Å². The average Bonchev–Trinajstić information content (AvgIpc) is 2.86. The average molecular weight is 180 g/mol. The van der Waals surface area contributed by atoms with Gasteiger partial charge in [-0.25, -0.2) is 0 Å². The number of carbonyl (C=O) groups excluding carboxylic acids is 1. The van der Waals surface area contributed by atoms with Crippen molar-refractivity contribution in [2.45, 2.75) is 38.2 Å². The maximum Gasteiger partial charge on any atom is 0.135 e. The largest absolute Gasteiger partial charge is 0.369 e. The minimum atomic E-state index is 0.366. The molecule has 1 heterocycles. The summed E-state index contributed by atoms with van der Waals surface area (Å²) in [7, 11) is 0. The van der Waals surface area contributed by atoms with Gasteiger partial charge in [0.2, 0.25) is 0 Å². The summed E-state index contributed by atoms with van der Waals surface area (Å²) in [5, 5.41) is 0. The molecule has 72 valence electrons. The highest BCUT2D eigenvalue weighted by Gasteiger charge is 2.23. The molecule has 13 heavy (non-hydrogen) atoms. The molecule has 0 aromatic heterocycles. The fourth-order valence-corrected chi connectivity index (χ4v) is 1.91. The number of epoxide rings is 1. The Bertz CT molecular complexity index is 216. The molecule has 2 fully saturated rings. The zero-order valence-corrected chi connectivity index (χ0v) is 7.87. The molecule has 0 bridgehead atoms. The van der Waals surface area contributed by atoms with Crippen molar-refractivity contribution in [3.05, 3.63) is 12.2 Å². The van der Waals surface area contributed by atoms with Crippen molar-refractivity contribution in [2.24, 2.45) is 5.92 Å². The van der Waals surface area contributed by atoms with Gasteiger partial charge in [0.25, 0.3) is 0 Å². The lowest BCUT2D eigenvalue weighted by atomic mass is 10.0. The molecule has 0 amide bonds. The Morgan fingerprint density at radius 2 is 2.38 bits per heavy atom.